The summed E-state index contributed by atoms with van der Waals surface area (Å²) in [4.78, 5) is 15.3. The fourth-order valence-corrected chi connectivity index (χ4v) is 6.20. The first-order valence-corrected chi connectivity index (χ1v) is 14.3. The van der Waals surface area contributed by atoms with Gasteiger partial charge in [-0.3, -0.25) is 9.89 Å². The molecule has 39 heavy (non-hydrogen) atoms. The van der Waals surface area contributed by atoms with Crippen molar-refractivity contribution in [2.45, 2.75) is 64.2 Å². The van der Waals surface area contributed by atoms with Gasteiger partial charge in [0.25, 0.3) is 5.91 Å². The van der Waals surface area contributed by atoms with Gasteiger partial charge in [0.2, 0.25) is 0 Å². The lowest BCUT2D eigenvalue weighted by Gasteiger charge is -2.33. The maximum atomic E-state index is 12.7. The van der Waals surface area contributed by atoms with Gasteiger partial charge in [-0.25, -0.2) is 0 Å². The molecule has 1 fully saturated rings. The van der Waals surface area contributed by atoms with Crippen LogP contribution >= 0.6 is 0 Å². The summed E-state index contributed by atoms with van der Waals surface area (Å²) in [6.07, 6.45) is 9.25. The van der Waals surface area contributed by atoms with Gasteiger partial charge in [0, 0.05) is 17.7 Å². The van der Waals surface area contributed by atoms with Crippen molar-refractivity contribution in [2.75, 3.05) is 33.3 Å². The number of H-pyrrole nitrogens is 1. The van der Waals surface area contributed by atoms with E-state index in [2.05, 4.69) is 38.6 Å². The van der Waals surface area contributed by atoms with Crippen LogP contribution in [0, 0.1) is 18.3 Å². The number of aromatic amines is 1. The summed E-state index contributed by atoms with van der Waals surface area (Å²) >= 11 is 0. The Labute approximate surface area is 231 Å². The largest absolute Gasteiger partial charge is 0.496 e. The molecule has 0 unspecified atom stereocenters. The van der Waals surface area contributed by atoms with Gasteiger partial charge in [-0.2, -0.15) is 10.4 Å². The zero-order chi connectivity index (χ0) is 27.2. The number of likely N-dealkylation sites (tertiary alicyclic amines) is 1. The second-order valence-corrected chi connectivity index (χ2v) is 10.9. The molecule has 2 aliphatic rings. The van der Waals surface area contributed by atoms with Crippen molar-refractivity contribution >= 4 is 5.91 Å². The lowest BCUT2D eigenvalue weighted by molar-refractivity contribution is 0.0946. The average Bonchev–Trinajstić information content (AvgIpc) is 3.37. The van der Waals surface area contributed by atoms with Gasteiger partial charge in [-0.15, -0.1) is 0 Å². The maximum absolute atomic E-state index is 12.7. The minimum atomic E-state index is -0.125. The highest BCUT2D eigenvalue weighted by molar-refractivity contribution is 5.95. The average molecular weight is 526 g/mol. The zero-order valence-electron chi connectivity index (χ0n) is 23.2. The van der Waals surface area contributed by atoms with Gasteiger partial charge in [0.05, 0.1) is 24.4 Å². The highest BCUT2D eigenvalue weighted by Crippen LogP contribution is 2.40. The quantitative estimate of drug-likeness (QED) is 0.358. The third kappa shape index (κ3) is 6.02. The summed E-state index contributed by atoms with van der Waals surface area (Å²) < 4.78 is 5.94. The van der Waals surface area contributed by atoms with Crippen LogP contribution in [0.4, 0.5) is 0 Å². The number of hydrogen-bond acceptors (Lipinski definition) is 5. The van der Waals surface area contributed by atoms with Crippen molar-refractivity contribution in [3.05, 3.63) is 69.9 Å². The third-order valence-electron chi connectivity index (χ3n) is 8.45. The lowest BCUT2D eigenvalue weighted by atomic mass is 9.83. The molecule has 3 aromatic rings. The summed E-state index contributed by atoms with van der Waals surface area (Å²) in [6, 6.07) is 14.0. The van der Waals surface area contributed by atoms with Crippen LogP contribution in [0.5, 0.6) is 5.75 Å². The van der Waals surface area contributed by atoms with Gasteiger partial charge in [0.1, 0.15) is 11.4 Å². The van der Waals surface area contributed by atoms with Crippen molar-refractivity contribution in [2.24, 2.45) is 0 Å². The SMILES string of the molecule is COc1c(C2CCN(CCCCNC(=O)c3[nH]nc(-c4ccc(C#N)cc4)c3C)CC2)ccc2c1CCCC2. The molecule has 0 spiro atoms. The number of aromatic nitrogens is 2. The molecule has 0 radical (unpaired) electrons. The minimum Gasteiger partial charge on any atom is -0.496 e. The molecule has 1 aliphatic carbocycles. The van der Waals surface area contributed by atoms with E-state index in [9.17, 15) is 4.79 Å². The van der Waals surface area contributed by atoms with E-state index in [1.807, 2.05) is 26.2 Å². The number of rotatable bonds is 9. The normalized spacial score (nSPS) is 15.9. The number of nitrogens with zero attached hydrogens (tertiary/aromatic N) is 3. The van der Waals surface area contributed by atoms with Crippen molar-refractivity contribution in [3.8, 4) is 23.1 Å². The fraction of sp³-hybridized carbons (Fsp3) is 0.469. The van der Waals surface area contributed by atoms with Crippen LogP contribution in [-0.4, -0.2) is 54.3 Å². The number of benzene rings is 2. The molecule has 7 nitrogen and oxygen atoms in total. The monoisotopic (exact) mass is 525 g/mol. The van der Waals surface area contributed by atoms with E-state index in [1.54, 1.807) is 12.1 Å². The Kier molecular flexibility index (Phi) is 8.63. The Morgan fingerprint density at radius 2 is 1.90 bits per heavy atom. The highest BCUT2D eigenvalue weighted by atomic mass is 16.5. The van der Waals surface area contributed by atoms with Crippen molar-refractivity contribution in [1.82, 2.24) is 20.4 Å². The predicted molar refractivity (Wildman–Crippen MR) is 153 cm³/mol. The number of unbranched alkanes of at least 4 members (excludes halogenated alkanes) is 1. The van der Waals surface area contributed by atoms with Crippen molar-refractivity contribution in [1.29, 1.82) is 5.26 Å². The molecule has 2 N–H and O–H groups in total. The number of fused-ring (bicyclic) bond motifs is 1. The smallest absolute Gasteiger partial charge is 0.269 e. The molecule has 0 atom stereocenters. The number of aryl methyl sites for hydroxylation is 1. The van der Waals surface area contributed by atoms with Crippen LogP contribution in [0.3, 0.4) is 0 Å². The first-order chi connectivity index (χ1) is 19.1. The Bertz CT molecular complexity index is 1330. The predicted octanol–water partition coefficient (Wildman–Crippen LogP) is 5.53. The number of methoxy groups -OCH3 is 1. The van der Waals surface area contributed by atoms with E-state index in [-0.39, 0.29) is 5.91 Å². The Morgan fingerprint density at radius 3 is 2.64 bits per heavy atom. The van der Waals surface area contributed by atoms with Crippen LogP contribution < -0.4 is 10.1 Å². The third-order valence-corrected chi connectivity index (χ3v) is 8.45. The number of ether oxygens (including phenoxy) is 1. The molecule has 1 amide bonds. The topological polar surface area (TPSA) is 94.0 Å². The maximum Gasteiger partial charge on any atom is 0.269 e. The number of carbonyl (C=O) groups is 1. The first-order valence-electron chi connectivity index (χ1n) is 14.3. The molecule has 0 saturated carbocycles. The van der Waals surface area contributed by atoms with Crippen molar-refractivity contribution in [3.63, 3.8) is 0 Å². The standard InChI is InChI=1S/C32H39N5O2/c1-22-29(26-11-9-23(21-33)10-12-26)35-36-30(22)32(38)34-17-5-6-18-37-19-15-25(16-20-37)28-14-13-24-7-3-4-8-27(24)31(28)39-2/h9-14,25H,3-8,15-20H2,1-2H3,(H,34,38)(H,35,36). The molecule has 2 heterocycles. The number of amides is 1. The van der Waals surface area contributed by atoms with Gasteiger partial charge in [-0.1, -0.05) is 24.3 Å². The Hall–Kier alpha value is -3.63. The molecule has 204 valence electrons. The first kappa shape index (κ1) is 27.0. The van der Waals surface area contributed by atoms with E-state index in [0.29, 0.717) is 23.7 Å². The van der Waals surface area contributed by atoms with Gasteiger partial charge >= 0.3 is 0 Å². The molecule has 1 saturated heterocycles. The molecule has 7 heteroatoms. The second-order valence-electron chi connectivity index (χ2n) is 10.9. The van der Waals surface area contributed by atoms with Crippen molar-refractivity contribution < 1.29 is 9.53 Å². The Balaban J connectivity index is 1.05. The molecule has 1 aromatic heterocycles. The highest BCUT2D eigenvalue weighted by Gasteiger charge is 2.26. The van der Waals surface area contributed by atoms with Gasteiger partial charge < -0.3 is 15.0 Å². The van der Waals surface area contributed by atoms with Crippen LogP contribution in [0.25, 0.3) is 11.3 Å². The second kappa shape index (κ2) is 12.5. The minimum absolute atomic E-state index is 0.125. The summed E-state index contributed by atoms with van der Waals surface area (Å²) in [5, 5.41) is 19.3. The summed E-state index contributed by atoms with van der Waals surface area (Å²) in [6.45, 7) is 5.84. The summed E-state index contributed by atoms with van der Waals surface area (Å²) in [5.41, 5.74) is 7.89. The molecule has 1 aliphatic heterocycles. The van der Waals surface area contributed by atoms with E-state index in [0.717, 1.165) is 61.5 Å². The van der Waals surface area contributed by atoms with Gasteiger partial charge in [-0.05, 0) is 113 Å². The van der Waals surface area contributed by atoms with E-state index in [1.165, 1.54) is 48.8 Å². The summed E-state index contributed by atoms with van der Waals surface area (Å²) in [5.74, 6) is 1.62. The molecular weight excluding hydrogens is 486 g/mol. The number of hydrogen-bond donors (Lipinski definition) is 2. The lowest BCUT2D eigenvalue weighted by Crippen LogP contribution is -2.34. The molecule has 0 bridgehead atoms. The molecule has 2 aromatic carbocycles. The molecule has 5 rings (SSSR count). The van der Waals surface area contributed by atoms with Gasteiger partial charge in [0.15, 0.2) is 0 Å². The van der Waals surface area contributed by atoms with Crippen LogP contribution in [0.15, 0.2) is 36.4 Å². The zero-order valence-corrected chi connectivity index (χ0v) is 23.2. The van der Waals surface area contributed by atoms with Crippen LogP contribution in [-0.2, 0) is 12.8 Å². The van der Waals surface area contributed by atoms with E-state index >= 15 is 0 Å². The fourth-order valence-electron chi connectivity index (χ4n) is 6.20. The van der Waals surface area contributed by atoms with E-state index < -0.39 is 0 Å². The number of carbonyl (C=O) groups excluding carboxylic acids is 1. The summed E-state index contributed by atoms with van der Waals surface area (Å²) in [7, 11) is 1.84. The molecular formula is C32H39N5O2. The van der Waals surface area contributed by atoms with E-state index in [4.69, 9.17) is 10.00 Å². The number of nitrogens with one attached hydrogen (secondary N) is 2. The number of piperidine rings is 1. The van der Waals surface area contributed by atoms with Crippen LogP contribution in [0.2, 0.25) is 0 Å². The van der Waals surface area contributed by atoms with Crippen LogP contribution in [0.1, 0.15) is 82.7 Å². The Morgan fingerprint density at radius 1 is 1.13 bits per heavy atom. The number of nitriles is 1.